The molecule has 0 aliphatic carbocycles. The van der Waals surface area contributed by atoms with Gasteiger partial charge in [0, 0.05) is 13.2 Å². The highest BCUT2D eigenvalue weighted by atomic mass is 16.5. The van der Waals surface area contributed by atoms with Gasteiger partial charge in [0.1, 0.15) is 11.4 Å². The van der Waals surface area contributed by atoms with E-state index < -0.39 is 18.0 Å². The SMILES string of the molecule is COc1ccc(C)cc1NC(=O)[C@@H](C)OC(=O)c1cccn1C. The molecule has 2 aromatic rings. The van der Waals surface area contributed by atoms with E-state index in [1.165, 1.54) is 14.0 Å². The molecule has 1 amide bonds. The van der Waals surface area contributed by atoms with Crippen molar-refractivity contribution in [3.8, 4) is 5.75 Å². The molecule has 23 heavy (non-hydrogen) atoms. The molecule has 0 spiro atoms. The fourth-order valence-corrected chi connectivity index (χ4v) is 2.10. The average Bonchev–Trinajstić information content (AvgIpc) is 2.93. The lowest BCUT2D eigenvalue weighted by molar-refractivity contribution is -0.123. The molecule has 0 unspecified atom stereocenters. The van der Waals surface area contributed by atoms with Crippen LogP contribution in [0, 0.1) is 6.92 Å². The van der Waals surface area contributed by atoms with E-state index >= 15 is 0 Å². The van der Waals surface area contributed by atoms with E-state index in [1.54, 1.807) is 42.1 Å². The number of methoxy groups -OCH3 is 1. The summed E-state index contributed by atoms with van der Waals surface area (Å²) in [5, 5.41) is 2.72. The second-order valence-corrected chi connectivity index (χ2v) is 5.24. The van der Waals surface area contributed by atoms with Gasteiger partial charge in [0.15, 0.2) is 6.10 Å². The van der Waals surface area contributed by atoms with Crippen LogP contribution in [-0.2, 0) is 16.6 Å². The summed E-state index contributed by atoms with van der Waals surface area (Å²) in [6, 6.07) is 8.82. The van der Waals surface area contributed by atoms with Gasteiger partial charge in [0.2, 0.25) is 0 Å². The number of nitrogens with zero attached hydrogens (tertiary/aromatic N) is 1. The van der Waals surface area contributed by atoms with Crippen molar-refractivity contribution in [3.63, 3.8) is 0 Å². The van der Waals surface area contributed by atoms with Gasteiger partial charge in [0.25, 0.3) is 5.91 Å². The Balaban J connectivity index is 2.04. The number of carbonyl (C=O) groups is 2. The molecular weight excluding hydrogens is 296 g/mol. The van der Waals surface area contributed by atoms with Crippen LogP contribution in [-0.4, -0.2) is 29.7 Å². The molecule has 2 rings (SSSR count). The summed E-state index contributed by atoms with van der Waals surface area (Å²) in [4.78, 5) is 24.3. The number of hydrogen-bond donors (Lipinski definition) is 1. The van der Waals surface area contributed by atoms with Gasteiger partial charge in [-0.3, -0.25) is 4.79 Å². The third kappa shape index (κ3) is 3.91. The van der Waals surface area contributed by atoms with Gasteiger partial charge >= 0.3 is 5.97 Å². The number of esters is 1. The first-order valence-corrected chi connectivity index (χ1v) is 7.20. The number of nitrogens with one attached hydrogen (secondary N) is 1. The molecule has 1 N–H and O–H groups in total. The Morgan fingerprint density at radius 1 is 1.26 bits per heavy atom. The van der Waals surface area contributed by atoms with Crippen LogP contribution in [0.3, 0.4) is 0 Å². The van der Waals surface area contributed by atoms with Gasteiger partial charge in [-0.25, -0.2) is 4.79 Å². The molecule has 122 valence electrons. The fraction of sp³-hybridized carbons (Fsp3) is 0.294. The topological polar surface area (TPSA) is 69.6 Å². The molecule has 0 fully saturated rings. The third-order valence-electron chi connectivity index (χ3n) is 3.42. The van der Waals surface area contributed by atoms with Crippen molar-refractivity contribution in [2.75, 3.05) is 12.4 Å². The number of aryl methyl sites for hydroxylation is 2. The van der Waals surface area contributed by atoms with E-state index in [9.17, 15) is 9.59 Å². The molecule has 0 aliphatic rings. The molecule has 6 heteroatoms. The van der Waals surface area contributed by atoms with Crippen molar-refractivity contribution >= 4 is 17.6 Å². The smallest absolute Gasteiger partial charge is 0.355 e. The van der Waals surface area contributed by atoms with E-state index in [2.05, 4.69) is 5.32 Å². The number of ether oxygens (including phenoxy) is 2. The maximum atomic E-state index is 12.2. The van der Waals surface area contributed by atoms with Crippen LogP contribution in [0.1, 0.15) is 23.0 Å². The molecule has 0 aliphatic heterocycles. The van der Waals surface area contributed by atoms with Gasteiger partial charge in [-0.1, -0.05) is 6.07 Å². The van der Waals surface area contributed by atoms with Crippen molar-refractivity contribution < 1.29 is 19.1 Å². The predicted molar refractivity (Wildman–Crippen MR) is 86.7 cm³/mol. The zero-order valence-corrected chi connectivity index (χ0v) is 13.6. The van der Waals surface area contributed by atoms with Crippen LogP contribution in [0.4, 0.5) is 5.69 Å². The number of aromatic nitrogens is 1. The summed E-state index contributed by atoms with van der Waals surface area (Å²) >= 11 is 0. The van der Waals surface area contributed by atoms with Crippen LogP contribution in [0.25, 0.3) is 0 Å². The van der Waals surface area contributed by atoms with Gasteiger partial charge in [-0.2, -0.15) is 0 Å². The molecule has 6 nitrogen and oxygen atoms in total. The third-order valence-corrected chi connectivity index (χ3v) is 3.42. The van der Waals surface area contributed by atoms with E-state index in [0.29, 0.717) is 17.1 Å². The van der Waals surface area contributed by atoms with Crippen LogP contribution in [0.2, 0.25) is 0 Å². The normalized spacial score (nSPS) is 11.7. The van der Waals surface area contributed by atoms with Crippen LogP contribution < -0.4 is 10.1 Å². The summed E-state index contributed by atoms with van der Waals surface area (Å²) in [5.41, 5.74) is 1.91. The number of rotatable bonds is 5. The van der Waals surface area contributed by atoms with Crippen molar-refractivity contribution in [1.82, 2.24) is 4.57 Å². The van der Waals surface area contributed by atoms with Crippen molar-refractivity contribution in [2.45, 2.75) is 20.0 Å². The van der Waals surface area contributed by atoms with E-state index in [-0.39, 0.29) is 0 Å². The van der Waals surface area contributed by atoms with Gasteiger partial charge in [-0.05, 0) is 43.7 Å². The molecule has 0 saturated carbocycles. The van der Waals surface area contributed by atoms with Gasteiger partial charge in [0.05, 0.1) is 12.8 Å². The Bertz CT molecular complexity index is 721. The summed E-state index contributed by atoms with van der Waals surface area (Å²) in [6.45, 7) is 3.44. The minimum Gasteiger partial charge on any atom is -0.495 e. The maximum absolute atomic E-state index is 12.2. The summed E-state index contributed by atoms with van der Waals surface area (Å²) in [5.74, 6) is -0.419. The lowest BCUT2D eigenvalue weighted by Crippen LogP contribution is -2.30. The molecule has 1 heterocycles. The molecule has 1 aromatic heterocycles. The molecule has 0 bridgehead atoms. The second-order valence-electron chi connectivity index (χ2n) is 5.24. The average molecular weight is 316 g/mol. The summed E-state index contributed by atoms with van der Waals surface area (Å²) < 4.78 is 12.0. The first-order chi connectivity index (χ1) is 10.9. The van der Waals surface area contributed by atoms with E-state index in [0.717, 1.165) is 5.56 Å². The van der Waals surface area contributed by atoms with Crippen LogP contribution >= 0.6 is 0 Å². The molecule has 1 atom stereocenters. The van der Waals surface area contributed by atoms with E-state index in [4.69, 9.17) is 9.47 Å². The lowest BCUT2D eigenvalue weighted by Gasteiger charge is -2.15. The highest BCUT2D eigenvalue weighted by Gasteiger charge is 2.21. The quantitative estimate of drug-likeness (QED) is 0.861. The molecular formula is C17H20N2O4. The minimum absolute atomic E-state index is 0.387. The Morgan fingerprint density at radius 3 is 2.61 bits per heavy atom. The monoisotopic (exact) mass is 316 g/mol. The summed E-state index contributed by atoms with van der Waals surface area (Å²) in [7, 11) is 3.26. The van der Waals surface area contributed by atoms with Crippen molar-refractivity contribution in [2.24, 2.45) is 7.05 Å². The Kier molecular flexibility index (Phi) is 5.05. The second kappa shape index (κ2) is 7.00. The number of hydrogen-bond acceptors (Lipinski definition) is 4. The highest BCUT2D eigenvalue weighted by molar-refractivity contribution is 5.97. The predicted octanol–water partition coefficient (Wildman–Crippen LogP) is 2.53. The van der Waals surface area contributed by atoms with E-state index in [1.807, 2.05) is 13.0 Å². The number of anilines is 1. The maximum Gasteiger partial charge on any atom is 0.355 e. The Morgan fingerprint density at radius 2 is 2.00 bits per heavy atom. The van der Waals surface area contributed by atoms with Crippen molar-refractivity contribution in [3.05, 3.63) is 47.8 Å². The largest absolute Gasteiger partial charge is 0.495 e. The number of carbonyl (C=O) groups excluding carboxylic acids is 2. The van der Waals surface area contributed by atoms with Gasteiger partial charge in [-0.15, -0.1) is 0 Å². The zero-order valence-electron chi connectivity index (χ0n) is 13.6. The van der Waals surface area contributed by atoms with Crippen molar-refractivity contribution in [1.29, 1.82) is 0 Å². The van der Waals surface area contributed by atoms with Gasteiger partial charge < -0.3 is 19.4 Å². The number of amides is 1. The van der Waals surface area contributed by atoms with Crippen LogP contribution in [0.5, 0.6) is 5.75 Å². The standard InChI is InChI=1S/C17H20N2O4/c1-11-7-8-15(22-4)13(10-11)18-16(20)12(2)23-17(21)14-6-5-9-19(14)3/h5-10,12H,1-4H3,(H,18,20)/t12-/m1/s1. The fourth-order valence-electron chi connectivity index (χ4n) is 2.10. The minimum atomic E-state index is -0.928. The molecule has 0 saturated heterocycles. The van der Waals surface area contributed by atoms with Crippen LogP contribution in [0.15, 0.2) is 36.5 Å². The molecule has 1 aromatic carbocycles. The number of benzene rings is 1. The first-order valence-electron chi connectivity index (χ1n) is 7.20. The zero-order chi connectivity index (χ0) is 17.0. The molecule has 0 radical (unpaired) electrons. The highest BCUT2D eigenvalue weighted by Crippen LogP contribution is 2.25. The lowest BCUT2D eigenvalue weighted by atomic mass is 10.2. The Labute approximate surface area is 135 Å². The Hall–Kier alpha value is -2.76. The summed E-state index contributed by atoms with van der Waals surface area (Å²) in [6.07, 6.45) is 0.807. The first kappa shape index (κ1) is 16.6.